The highest BCUT2D eigenvalue weighted by Gasteiger charge is 2.19. The smallest absolute Gasteiger partial charge is 0.158 e. The number of aromatic nitrogens is 2. The highest BCUT2D eigenvalue weighted by molar-refractivity contribution is 5.51. The van der Waals surface area contributed by atoms with E-state index >= 15 is 0 Å². The van der Waals surface area contributed by atoms with Crippen LogP contribution in [0.4, 0.5) is 5.69 Å². The van der Waals surface area contributed by atoms with Crippen LogP contribution in [0.2, 0.25) is 0 Å². The first-order valence-electron chi connectivity index (χ1n) is 5.64. The van der Waals surface area contributed by atoms with Gasteiger partial charge in [0.1, 0.15) is 6.10 Å². The van der Waals surface area contributed by atoms with Gasteiger partial charge in [0.25, 0.3) is 0 Å². The number of hydrogen-bond acceptors (Lipinski definition) is 4. The highest BCUT2D eigenvalue weighted by atomic mass is 16.5. The van der Waals surface area contributed by atoms with Crippen LogP contribution in [0.25, 0.3) is 0 Å². The fourth-order valence-electron chi connectivity index (χ4n) is 1.91. The molecule has 1 unspecified atom stereocenters. The first-order chi connectivity index (χ1) is 8.43. The summed E-state index contributed by atoms with van der Waals surface area (Å²) < 4.78 is 5.83. The fraction of sp³-hybridized carbons (Fsp3) is 0.231. The van der Waals surface area contributed by atoms with Gasteiger partial charge in [0, 0.05) is 30.2 Å². The summed E-state index contributed by atoms with van der Waals surface area (Å²) in [4.78, 5) is 8.46. The van der Waals surface area contributed by atoms with Crippen LogP contribution in [0, 0.1) is 0 Å². The van der Waals surface area contributed by atoms with Crippen molar-refractivity contribution in [1.29, 1.82) is 0 Å². The van der Waals surface area contributed by atoms with Gasteiger partial charge in [0.15, 0.2) is 5.82 Å². The van der Waals surface area contributed by atoms with Gasteiger partial charge in [-0.2, -0.15) is 0 Å². The second-order valence-corrected chi connectivity index (χ2v) is 3.94. The Kier molecular flexibility index (Phi) is 2.71. The van der Waals surface area contributed by atoms with E-state index in [1.165, 1.54) is 5.56 Å². The average molecular weight is 227 g/mol. The quantitative estimate of drug-likeness (QED) is 0.811. The summed E-state index contributed by atoms with van der Waals surface area (Å²) in [6.07, 6.45) is 3.39. The molecule has 0 aliphatic carbocycles. The predicted molar refractivity (Wildman–Crippen MR) is 64.5 cm³/mol. The van der Waals surface area contributed by atoms with Crippen molar-refractivity contribution in [3.63, 3.8) is 0 Å². The molecule has 0 saturated carbocycles. The van der Waals surface area contributed by atoms with Crippen LogP contribution in [-0.2, 0) is 11.3 Å². The maximum Gasteiger partial charge on any atom is 0.158 e. The molecule has 0 radical (unpaired) electrons. The third-order valence-corrected chi connectivity index (χ3v) is 2.81. The lowest BCUT2D eigenvalue weighted by Gasteiger charge is -2.12. The maximum absolute atomic E-state index is 5.83. The van der Waals surface area contributed by atoms with E-state index in [-0.39, 0.29) is 6.10 Å². The molecule has 0 bridgehead atoms. The number of para-hydroxylation sites is 1. The number of anilines is 1. The van der Waals surface area contributed by atoms with Crippen molar-refractivity contribution in [2.75, 3.05) is 11.9 Å². The molecule has 0 saturated heterocycles. The van der Waals surface area contributed by atoms with Crippen LogP contribution in [-0.4, -0.2) is 16.5 Å². The van der Waals surface area contributed by atoms with Gasteiger partial charge in [0.2, 0.25) is 0 Å². The monoisotopic (exact) mass is 227 g/mol. The van der Waals surface area contributed by atoms with Crippen LogP contribution in [0.1, 0.15) is 17.5 Å². The minimum absolute atomic E-state index is 0.0939. The van der Waals surface area contributed by atoms with Crippen molar-refractivity contribution < 1.29 is 4.74 Å². The van der Waals surface area contributed by atoms with Crippen molar-refractivity contribution in [2.45, 2.75) is 12.7 Å². The number of ether oxygens (including phenoxy) is 1. The summed E-state index contributed by atoms with van der Waals surface area (Å²) in [5, 5.41) is 3.37. The SMILES string of the molecule is c1cnc(C2CNc3ccccc3CO2)nc1. The molecule has 86 valence electrons. The van der Waals surface area contributed by atoms with Gasteiger partial charge in [-0.3, -0.25) is 0 Å². The lowest BCUT2D eigenvalue weighted by molar-refractivity contribution is 0.0464. The molecule has 4 nitrogen and oxygen atoms in total. The molecule has 1 aromatic heterocycles. The van der Waals surface area contributed by atoms with E-state index in [1.54, 1.807) is 12.4 Å². The Morgan fingerprint density at radius 2 is 1.94 bits per heavy atom. The molecule has 0 fully saturated rings. The summed E-state index contributed by atoms with van der Waals surface area (Å²) in [6.45, 7) is 1.28. The maximum atomic E-state index is 5.83. The zero-order chi connectivity index (χ0) is 11.5. The second kappa shape index (κ2) is 4.51. The van der Waals surface area contributed by atoms with Gasteiger partial charge in [-0.05, 0) is 12.1 Å². The molecule has 1 aromatic carbocycles. The normalized spacial score (nSPS) is 18.9. The zero-order valence-corrected chi connectivity index (χ0v) is 9.34. The van der Waals surface area contributed by atoms with Crippen LogP contribution in [0.5, 0.6) is 0 Å². The highest BCUT2D eigenvalue weighted by Crippen LogP contribution is 2.24. The third kappa shape index (κ3) is 2.12. The Morgan fingerprint density at radius 1 is 1.12 bits per heavy atom. The largest absolute Gasteiger partial charge is 0.382 e. The Morgan fingerprint density at radius 3 is 2.82 bits per heavy atom. The first-order valence-corrected chi connectivity index (χ1v) is 5.64. The molecule has 3 rings (SSSR count). The molecule has 1 aliphatic heterocycles. The number of rotatable bonds is 1. The van der Waals surface area contributed by atoms with E-state index in [4.69, 9.17) is 4.74 Å². The Balaban J connectivity index is 1.82. The minimum atomic E-state index is -0.0939. The van der Waals surface area contributed by atoms with Crippen LogP contribution in [0.3, 0.4) is 0 Å². The van der Waals surface area contributed by atoms with Gasteiger partial charge in [0.05, 0.1) is 6.61 Å². The standard InChI is InChI=1S/C13H13N3O/c1-2-5-11-10(4-1)9-17-12(8-16-11)13-14-6-3-7-15-13/h1-7,12,16H,8-9H2. The lowest BCUT2D eigenvalue weighted by Crippen LogP contribution is -2.15. The number of benzene rings is 1. The van der Waals surface area contributed by atoms with Gasteiger partial charge < -0.3 is 10.1 Å². The molecular formula is C13H13N3O. The van der Waals surface area contributed by atoms with E-state index in [0.717, 1.165) is 11.5 Å². The summed E-state index contributed by atoms with van der Waals surface area (Å²) in [5.74, 6) is 0.729. The molecule has 2 aromatic rings. The average Bonchev–Trinajstić information content (AvgIpc) is 2.62. The second-order valence-electron chi connectivity index (χ2n) is 3.94. The van der Waals surface area contributed by atoms with Crippen molar-refractivity contribution >= 4 is 5.69 Å². The minimum Gasteiger partial charge on any atom is -0.382 e. The fourth-order valence-corrected chi connectivity index (χ4v) is 1.91. The molecule has 17 heavy (non-hydrogen) atoms. The van der Waals surface area contributed by atoms with Gasteiger partial charge in [-0.1, -0.05) is 18.2 Å². The molecule has 1 atom stereocenters. The van der Waals surface area contributed by atoms with E-state index in [1.807, 2.05) is 18.2 Å². The van der Waals surface area contributed by atoms with Gasteiger partial charge >= 0.3 is 0 Å². The van der Waals surface area contributed by atoms with E-state index in [9.17, 15) is 0 Å². The number of nitrogens with zero attached hydrogens (tertiary/aromatic N) is 2. The molecular weight excluding hydrogens is 214 g/mol. The summed E-state index contributed by atoms with van der Waals surface area (Å²) >= 11 is 0. The van der Waals surface area contributed by atoms with Crippen molar-refractivity contribution in [3.8, 4) is 0 Å². The molecule has 1 aliphatic rings. The molecule has 4 heteroatoms. The number of fused-ring (bicyclic) bond motifs is 1. The predicted octanol–water partition coefficient (Wildman–Crippen LogP) is 2.16. The number of hydrogen-bond donors (Lipinski definition) is 1. The Bertz CT molecular complexity index is 474. The Hall–Kier alpha value is -1.94. The molecule has 0 amide bonds. The summed E-state index contributed by atoms with van der Waals surface area (Å²) in [7, 11) is 0. The van der Waals surface area contributed by atoms with Gasteiger partial charge in [-0.25, -0.2) is 9.97 Å². The van der Waals surface area contributed by atoms with Gasteiger partial charge in [-0.15, -0.1) is 0 Å². The number of nitrogens with one attached hydrogen (secondary N) is 1. The molecule has 1 N–H and O–H groups in total. The Labute approximate surface area is 99.7 Å². The van der Waals surface area contributed by atoms with Crippen molar-refractivity contribution in [1.82, 2.24) is 9.97 Å². The summed E-state index contributed by atoms with van der Waals surface area (Å²) in [6, 6.07) is 9.97. The lowest BCUT2D eigenvalue weighted by atomic mass is 10.2. The summed E-state index contributed by atoms with van der Waals surface area (Å²) in [5.41, 5.74) is 2.30. The zero-order valence-electron chi connectivity index (χ0n) is 9.34. The van der Waals surface area contributed by atoms with E-state index in [0.29, 0.717) is 13.2 Å². The van der Waals surface area contributed by atoms with E-state index < -0.39 is 0 Å². The van der Waals surface area contributed by atoms with Crippen molar-refractivity contribution in [3.05, 3.63) is 54.1 Å². The molecule has 0 spiro atoms. The van der Waals surface area contributed by atoms with E-state index in [2.05, 4.69) is 27.4 Å². The van der Waals surface area contributed by atoms with Crippen LogP contribution >= 0.6 is 0 Å². The first kappa shape index (κ1) is 10.2. The van der Waals surface area contributed by atoms with Crippen LogP contribution < -0.4 is 5.32 Å². The third-order valence-electron chi connectivity index (χ3n) is 2.81. The molecule has 2 heterocycles. The van der Waals surface area contributed by atoms with Crippen LogP contribution in [0.15, 0.2) is 42.7 Å². The van der Waals surface area contributed by atoms with Crippen molar-refractivity contribution in [2.24, 2.45) is 0 Å². The topological polar surface area (TPSA) is 47.0 Å².